The minimum Gasteiger partial charge on any atom is -0.480 e. The molecule has 1 aliphatic heterocycles. The lowest BCUT2D eigenvalue weighted by atomic mass is 9.85. The monoisotopic (exact) mass is 389 g/mol. The molecule has 0 bridgehead atoms. The first-order valence-electron chi connectivity index (χ1n) is 10.2. The van der Waals surface area contributed by atoms with Crippen molar-refractivity contribution in [3.63, 3.8) is 0 Å². The first-order chi connectivity index (χ1) is 13.5. The van der Waals surface area contributed by atoms with Crippen molar-refractivity contribution in [3.05, 3.63) is 35.9 Å². The Morgan fingerprint density at radius 1 is 1.25 bits per heavy atom. The average Bonchev–Trinajstić information content (AvgIpc) is 3.16. The molecule has 1 saturated carbocycles. The Hall–Kier alpha value is -2.12. The number of nitrogens with one attached hydrogen (secondary N) is 1. The van der Waals surface area contributed by atoms with Gasteiger partial charge in [0, 0.05) is 31.8 Å². The van der Waals surface area contributed by atoms with Gasteiger partial charge in [-0.05, 0) is 37.8 Å². The first kappa shape index (κ1) is 20.6. The van der Waals surface area contributed by atoms with Crippen LogP contribution in [0.25, 0.3) is 0 Å². The molecule has 0 spiro atoms. The van der Waals surface area contributed by atoms with Gasteiger partial charge in [-0.3, -0.25) is 9.69 Å². The van der Waals surface area contributed by atoms with Gasteiger partial charge in [0.1, 0.15) is 0 Å². The number of benzene rings is 1. The second-order valence-electron chi connectivity index (χ2n) is 7.73. The molecule has 1 aromatic carbocycles. The fourth-order valence-corrected chi connectivity index (χ4v) is 4.00. The minimum absolute atomic E-state index is 0.0565. The number of hydrogen-bond donors (Lipinski definition) is 2. The lowest BCUT2D eigenvalue weighted by Crippen LogP contribution is -2.57. The Bertz CT molecular complexity index is 642. The molecule has 28 heavy (non-hydrogen) atoms. The molecule has 1 atom stereocenters. The van der Waals surface area contributed by atoms with Crippen LogP contribution in [0.2, 0.25) is 0 Å². The predicted molar refractivity (Wildman–Crippen MR) is 106 cm³/mol. The summed E-state index contributed by atoms with van der Waals surface area (Å²) < 4.78 is 5.73. The van der Waals surface area contributed by atoms with Crippen molar-refractivity contribution in [2.24, 2.45) is 0 Å². The van der Waals surface area contributed by atoms with E-state index in [9.17, 15) is 9.59 Å². The Morgan fingerprint density at radius 2 is 2.00 bits per heavy atom. The maximum atomic E-state index is 12.9. The maximum Gasteiger partial charge on any atom is 0.318 e. The largest absolute Gasteiger partial charge is 0.480 e. The number of carboxylic acids is 1. The molecule has 1 aromatic rings. The fourth-order valence-electron chi connectivity index (χ4n) is 4.00. The number of ether oxygens (including phenoxy) is 1. The van der Waals surface area contributed by atoms with Crippen molar-refractivity contribution >= 4 is 12.0 Å². The Kier molecular flexibility index (Phi) is 7.28. The van der Waals surface area contributed by atoms with Gasteiger partial charge in [-0.15, -0.1) is 0 Å². The molecule has 7 nitrogen and oxygen atoms in total. The molecular formula is C21H31N3O4. The van der Waals surface area contributed by atoms with Crippen molar-refractivity contribution in [3.8, 4) is 0 Å². The molecule has 1 aliphatic carbocycles. The molecular weight excluding hydrogens is 358 g/mol. The normalized spacial score (nSPS) is 24.0. The molecule has 2 amide bonds. The van der Waals surface area contributed by atoms with E-state index in [1.165, 1.54) is 0 Å². The highest BCUT2D eigenvalue weighted by Crippen LogP contribution is 2.26. The summed E-state index contributed by atoms with van der Waals surface area (Å²) in [6.07, 6.45) is 3.74. The smallest absolute Gasteiger partial charge is 0.318 e. The molecule has 2 N–H and O–H groups in total. The molecule has 2 aliphatic rings. The third-order valence-corrected chi connectivity index (χ3v) is 5.65. The lowest BCUT2D eigenvalue weighted by Gasteiger charge is -2.43. The van der Waals surface area contributed by atoms with E-state index in [2.05, 4.69) is 5.32 Å². The summed E-state index contributed by atoms with van der Waals surface area (Å²) in [6.45, 7) is 4.65. The topological polar surface area (TPSA) is 82.1 Å². The quantitative estimate of drug-likeness (QED) is 0.677. The summed E-state index contributed by atoms with van der Waals surface area (Å²) >= 11 is 0. The molecule has 1 saturated heterocycles. The van der Waals surface area contributed by atoms with Gasteiger partial charge in [0.25, 0.3) is 0 Å². The molecule has 154 valence electrons. The summed E-state index contributed by atoms with van der Waals surface area (Å²) in [5.41, 5.74) is 1.10. The zero-order valence-corrected chi connectivity index (χ0v) is 16.5. The van der Waals surface area contributed by atoms with Gasteiger partial charge in [0.2, 0.25) is 0 Å². The van der Waals surface area contributed by atoms with Crippen LogP contribution in [0, 0.1) is 0 Å². The summed E-state index contributed by atoms with van der Waals surface area (Å²) in [5, 5.41) is 12.1. The SMILES string of the molecule is CCN(CC(=O)O)C1CC(NC(=O)N(Cc2ccccc2)CC2CCCO2)C1. The molecule has 2 fully saturated rings. The highest BCUT2D eigenvalue weighted by Gasteiger charge is 2.35. The van der Waals surface area contributed by atoms with Crippen molar-refractivity contribution in [2.45, 2.75) is 57.3 Å². The van der Waals surface area contributed by atoms with E-state index in [4.69, 9.17) is 9.84 Å². The van der Waals surface area contributed by atoms with Gasteiger partial charge in [0.05, 0.1) is 12.6 Å². The number of rotatable bonds is 9. The molecule has 0 aromatic heterocycles. The summed E-state index contributed by atoms with van der Waals surface area (Å²) in [5.74, 6) is -0.806. The van der Waals surface area contributed by atoms with E-state index >= 15 is 0 Å². The lowest BCUT2D eigenvalue weighted by molar-refractivity contribution is -0.139. The van der Waals surface area contributed by atoms with Crippen LogP contribution in [0.15, 0.2) is 30.3 Å². The van der Waals surface area contributed by atoms with E-state index < -0.39 is 5.97 Å². The third-order valence-electron chi connectivity index (χ3n) is 5.65. The minimum atomic E-state index is -0.806. The number of carbonyl (C=O) groups is 2. The van der Waals surface area contributed by atoms with Crippen molar-refractivity contribution in [1.29, 1.82) is 0 Å². The Balaban J connectivity index is 1.53. The molecule has 0 radical (unpaired) electrons. The van der Waals surface area contributed by atoms with Crippen LogP contribution in [-0.4, -0.2) is 71.3 Å². The summed E-state index contributed by atoms with van der Waals surface area (Å²) in [4.78, 5) is 27.7. The van der Waals surface area contributed by atoms with Gasteiger partial charge >= 0.3 is 12.0 Å². The standard InChI is InChI=1S/C21H31N3O4/c1-2-23(15-20(25)26)18-11-17(12-18)22-21(27)24(14-19-9-6-10-28-19)13-16-7-4-3-5-8-16/h3-5,7-8,17-19H,2,6,9-15H2,1H3,(H,22,27)(H,25,26). The molecule has 1 unspecified atom stereocenters. The number of carbonyl (C=O) groups excluding carboxylic acids is 1. The number of nitrogens with zero attached hydrogens (tertiary/aromatic N) is 2. The predicted octanol–water partition coefficient (Wildman–Crippen LogP) is 2.31. The number of amides is 2. The van der Waals surface area contributed by atoms with E-state index in [-0.39, 0.29) is 30.8 Å². The van der Waals surface area contributed by atoms with Crippen molar-refractivity contribution in [1.82, 2.24) is 15.1 Å². The number of carboxylic acid groups (broad SMARTS) is 1. The molecule has 1 heterocycles. The summed E-state index contributed by atoms with van der Waals surface area (Å²) in [7, 11) is 0. The van der Waals surface area contributed by atoms with E-state index in [0.29, 0.717) is 19.6 Å². The van der Waals surface area contributed by atoms with Crippen LogP contribution in [-0.2, 0) is 16.1 Å². The second-order valence-corrected chi connectivity index (χ2v) is 7.73. The second kappa shape index (κ2) is 9.89. The Morgan fingerprint density at radius 3 is 2.61 bits per heavy atom. The van der Waals surface area contributed by atoms with E-state index in [1.54, 1.807) is 0 Å². The number of likely N-dealkylation sites (N-methyl/N-ethyl adjacent to an activating group) is 1. The average molecular weight is 389 g/mol. The van der Waals surface area contributed by atoms with Gasteiger partial charge in [-0.1, -0.05) is 37.3 Å². The number of hydrogen-bond acceptors (Lipinski definition) is 4. The van der Waals surface area contributed by atoms with E-state index in [0.717, 1.165) is 37.9 Å². The van der Waals surface area contributed by atoms with Crippen LogP contribution in [0.1, 0.15) is 38.2 Å². The zero-order valence-electron chi connectivity index (χ0n) is 16.5. The zero-order chi connectivity index (χ0) is 19.9. The van der Waals surface area contributed by atoms with Gasteiger partial charge in [-0.25, -0.2) is 4.79 Å². The third kappa shape index (κ3) is 5.69. The Labute approximate surface area is 166 Å². The highest BCUT2D eigenvalue weighted by atomic mass is 16.5. The van der Waals surface area contributed by atoms with Crippen LogP contribution in [0.4, 0.5) is 4.79 Å². The number of aliphatic carboxylic acids is 1. The van der Waals surface area contributed by atoms with Crippen molar-refractivity contribution < 1.29 is 19.4 Å². The van der Waals surface area contributed by atoms with Gasteiger partial charge in [-0.2, -0.15) is 0 Å². The molecule has 7 heteroatoms. The maximum absolute atomic E-state index is 12.9. The first-order valence-corrected chi connectivity index (χ1v) is 10.2. The molecule has 3 rings (SSSR count). The van der Waals surface area contributed by atoms with Crippen molar-refractivity contribution in [2.75, 3.05) is 26.2 Å². The fraction of sp³-hybridized carbons (Fsp3) is 0.619. The van der Waals surface area contributed by atoms with Crippen LogP contribution in [0.5, 0.6) is 0 Å². The number of urea groups is 1. The van der Waals surface area contributed by atoms with Gasteiger partial charge < -0.3 is 20.1 Å². The van der Waals surface area contributed by atoms with Crippen LogP contribution >= 0.6 is 0 Å². The van der Waals surface area contributed by atoms with E-state index in [1.807, 2.05) is 47.1 Å². The van der Waals surface area contributed by atoms with Crippen LogP contribution in [0.3, 0.4) is 0 Å². The van der Waals surface area contributed by atoms with Gasteiger partial charge in [0.15, 0.2) is 0 Å². The summed E-state index contributed by atoms with van der Waals surface area (Å²) in [6, 6.07) is 10.3. The van der Waals surface area contributed by atoms with Crippen LogP contribution < -0.4 is 5.32 Å². The highest BCUT2D eigenvalue weighted by molar-refractivity contribution is 5.74.